The number of nitrogens with one attached hydrogen (secondary N) is 1. The van der Waals surface area contributed by atoms with Gasteiger partial charge in [0.15, 0.2) is 0 Å². The first kappa shape index (κ1) is 11.6. The summed E-state index contributed by atoms with van der Waals surface area (Å²) in [5.74, 6) is 0. The SMILES string of the molecule is CNC(C)c1ccc(-c2ccc(Cl)s2)cc1. The molecule has 1 aromatic carbocycles. The van der Waals surface area contributed by atoms with E-state index in [0.717, 1.165) is 4.34 Å². The zero-order chi connectivity index (χ0) is 11.5. The molecule has 1 unspecified atom stereocenters. The van der Waals surface area contributed by atoms with Crippen LogP contribution >= 0.6 is 22.9 Å². The van der Waals surface area contributed by atoms with Crippen molar-refractivity contribution >= 4 is 22.9 Å². The van der Waals surface area contributed by atoms with Gasteiger partial charge in [0.2, 0.25) is 0 Å². The van der Waals surface area contributed by atoms with Crippen molar-refractivity contribution in [2.24, 2.45) is 0 Å². The van der Waals surface area contributed by atoms with Crippen molar-refractivity contribution in [3.8, 4) is 10.4 Å². The van der Waals surface area contributed by atoms with Crippen molar-refractivity contribution in [2.75, 3.05) is 7.05 Å². The third-order valence-electron chi connectivity index (χ3n) is 2.70. The fraction of sp³-hybridized carbons (Fsp3) is 0.231. The number of rotatable bonds is 3. The van der Waals surface area contributed by atoms with E-state index in [2.05, 4.69) is 42.6 Å². The molecule has 2 rings (SSSR count). The summed E-state index contributed by atoms with van der Waals surface area (Å²) in [7, 11) is 1.97. The van der Waals surface area contributed by atoms with Crippen molar-refractivity contribution in [2.45, 2.75) is 13.0 Å². The second-order valence-electron chi connectivity index (χ2n) is 3.74. The van der Waals surface area contributed by atoms with E-state index in [9.17, 15) is 0 Å². The van der Waals surface area contributed by atoms with Crippen LogP contribution in [0.5, 0.6) is 0 Å². The second-order valence-corrected chi connectivity index (χ2v) is 5.45. The predicted octanol–water partition coefficient (Wildman–Crippen LogP) is 4.35. The Kier molecular flexibility index (Phi) is 3.64. The van der Waals surface area contributed by atoms with Crippen molar-refractivity contribution in [1.29, 1.82) is 0 Å². The van der Waals surface area contributed by atoms with E-state index >= 15 is 0 Å². The fourth-order valence-corrected chi connectivity index (χ4v) is 2.62. The molecule has 1 nitrogen and oxygen atoms in total. The molecule has 0 amide bonds. The van der Waals surface area contributed by atoms with Crippen molar-refractivity contribution in [1.82, 2.24) is 5.32 Å². The third-order valence-corrected chi connectivity index (χ3v) is 3.98. The molecule has 2 aromatic rings. The fourth-order valence-electron chi connectivity index (χ4n) is 1.57. The molecular formula is C13H14ClNS. The van der Waals surface area contributed by atoms with E-state index in [1.807, 2.05) is 13.1 Å². The Morgan fingerprint density at radius 1 is 1.12 bits per heavy atom. The molecular weight excluding hydrogens is 238 g/mol. The highest BCUT2D eigenvalue weighted by Crippen LogP contribution is 2.31. The summed E-state index contributed by atoms with van der Waals surface area (Å²) in [5, 5.41) is 3.23. The van der Waals surface area contributed by atoms with Gasteiger partial charge in [-0.15, -0.1) is 11.3 Å². The van der Waals surface area contributed by atoms with Crippen molar-refractivity contribution in [3.05, 3.63) is 46.3 Å². The van der Waals surface area contributed by atoms with Gasteiger partial charge in [-0.1, -0.05) is 35.9 Å². The van der Waals surface area contributed by atoms with Crippen molar-refractivity contribution in [3.63, 3.8) is 0 Å². The van der Waals surface area contributed by atoms with Crippen LogP contribution in [0.3, 0.4) is 0 Å². The number of halogens is 1. The molecule has 0 saturated carbocycles. The molecule has 0 spiro atoms. The Morgan fingerprint density at radius 3 is 2.31 bits per heavy atom. The number of hydrogen-bond acceptors (Lipinski definition) is 2. The minimum atomic E-state index is 0.390. The molecule has 0 saturated heterocycles. The summed E-state index contributed by atoms with van der Waals surface area (Å²) in [6.45, 7) is 2.15. The lowest BCUT2D eigenvalue weighted by Crippen LogP contribution is -2.11. The lowest BCUT2D eigenvalue weighted by molar-refractivity contribution is 0.652. The van der Waals surface area contributed by atoms with Gasteiger partial charge in [0.25, 0.3) is 0 Å². The third kappa shape index (κ3) is 2.46. The van der Waals surface area contributed by atoms with Crippen molar-refractivity contribution < 1.29 is 0 Å². The van der Waals surface area contributed by atoms with Gasteiger partial charge >= 0.3 is 0 Å². The van der Waals surface area contributed by atoms with Crippen LogP contribution in [0.2, 0.25) is 4.34 Å². The Morgan fingerprint density at radius 2 is 1.81 bits per heavy atom. The summed E-state index contributed by atoms with van der Waals surface area (Å²) >= 11 is 7.53. The highest BCUT2D eigenvalue weighted by molar-refractivity contribution is 7.19. The van der Waals surface area contributed by atoms with Crippen LogP contribution in [0.15, 0.2) is 36.4 Å². The molecule has 0 fully saturated rings. The standard InChI is InChI=1S/C13H14ClNS/c1-9(15-2)10-3-5-11(6-4-10)12-7-8-13(14)16-12/h3-9,15H,1-2H3. The van der Waals surface area contributed by atoms with Gasteiger partial charge in [-0.25, -0.2) is 0 Å². The average Bonchev–Trinajstić information content (AvgIpc) is 2.75. The maximum Gasteiger partial charge on any atom is 0.0934 e. The van der Waals surface area contributed by atoms with Crippen LogP contribution in [0.1, 0.15) is 18.5 Å². The molecule has 0 aliphatic heterocycles. The lowest BCUT2D eigenvalue weighted by atomic mass is 10.1. The smallest absolute Gasteiger partial charge is 0.0934 e. The first-order valence-electron chi connectivity index (χ1n) is 5.23. The molecule has 0 radical (unpaired) electrons. The van der Waals surface area contributed by atoms with Crippen LogP contribution < -0.4 is 5.32 Å². The van der Waals surface area contributed by atoms with Crippen LogP contribution in [0, 0.1) is 0 Å². The molecule has 84 valence electrons. The first-order chi connectivity index (χ1) is 7.70. The van der Waals surface area contributed by atoms with Gasteiger partial charge in [-0.05, 0) is 37.2 Å². The lowest BCUT2D eigenvalue weighted by Gasteiger charge is -2.10. The molecule has 0 aliphatic carbocycles. The first-order valence-corrected chi connectivity index (χ1v) is 6.43. The van der Waals surface area contributed by atoms with E-state index in [4.69, 9.17) is 11.6 Å². The summed E-state index contributed by atoms with van der Waals surface area (Å²) in [6, 6.07) is 13.0. The molecule has 1 heterocycles. The summed E-state index contributed by atoms with van der Waals surface area (Å²) in [5.41, 5.74) is 2.53. The highest BCUT2D eigenvalue weighted by Gasteiger charge is 2.04. The topological polar surface area (TPSA) is 12.0 Å². The molecule has 0 aliphatic rings. The van der Waals surface area contributed by atoms with Gasteiger partial charge in [0.1, 0.15) is 0 Å². The molecule has 16 heavy (non-hydrogen) atoms. The summed E-state index contributed by atoms with van der Waals surface area (Å²) in [4.78, 5) is 1.22. The number of thiophene rings is 1. The Bertz CT molecular complexity index is 461. The van der Waals surface area contributed by atoms with Crippen LogP contribution in [0.4, 0.5) is 0 Å². The predicted molar refractivity (Wildman–Crippen MR) is 72.2 cm³/mol. The van der Waals surface area contributed by atoms with Gasteiger partial charge in [-0.2, -0.15) is 0 Å². The minimum absolute atomic E-state index is 0.390. The maximum absolute atomic E-state index is 5.92. The van der Waals surface area contributed by atoms with E-state index in [1.165, 1.54) is 16.0 Å². The number of benzene rings is 1. The monoisotopic (exact) mass is 251 g/mol. The molecule has 3 heteroatoms. The zero-order valence-electron chi connectivity index (χ0n) is 9.33. The minimum Gasteiger partial charge on any atom is -0.313 e. The zero-order valence-corrected chi connectivity index (χ0v) is 10.9. The van der Waals surface area contributed by atoms with Gasteiger partial charge in [-0.3, -0.25) is 0 Å². The van der Waals surface area contributed by atoms with E-state index < -0.39 is 0 Å². The Labute approximate surface area is 105 Å². The summed E-state index contributed by atoms with van der Waals surface area (Å²) < 4.78 is 0.836. The van der Waals surface area contributed by atoms with Crippen LogP contribution in [-0.2, 0) is 0 Å². The normalized spacial score (nSPS) is 12.7. The van der Waals surface area contributed by atoms with E-state index in [0.29, 0.717) is 6.04 Å². The Hall–Kier alpha value is -0.830. The molecule has 1 N–H and O–H groups in total. The molecule has 1 atom stereocenters. The number of hydrogen-bond donors (Lipinski definition) is 1. The van der Waals surface area contributed by atoms with Crippen LogP contribution in [0.25, 0.3) is 10.4 Å². The van der Waals surface area contributed by atoms with Crippen LogP contribution in [-0.4, -0.2) is 7.05 Å². The van der Waals surface area contributed by atoms with E-state index in [-0.39, 0.29) is 0 Å². The largest absolute Gasteiger partial charge is 0.313 e. The van der Waals surface area contributed by atoms with Gasteiger partial charge in [0, 0.05) is 10.9 Å². The maximum atomic E-state index is 5.92. The average molecular weight is 252 g/mol. The molecule has 0 bridgehead atoms. The second kappa shape index (κ2) is 5.00. The Balaban J connectivity index is 2.25. The van der Waals surface area contributed by atoms with Gasteiger partial charge < -0.3 is 5.32 Å². The molecule has 1 aromatic heterocycles. The van der Waals surface area contributed by atoms with Gasteiger partial charge in [0.05, 0.1) is 4.34 Å². The highest BCUT2D eigenvalue weighted by atomic mass is 35.5. The quantitative estimate of drug-likeness (QED) is 0.855. The summed E-state index contributed by atoms with van der Waals surface area (Å²) in [6.07, 6.45) is 0. The van der Waals surface area contributed by atoms with E-state index in [1.54, 1.807) is 11.3 Å².